The minimum absolute atomic E-state index is 0.465. The molecule has 2 heterocycles. The summed E-state index contributed by atoms with van der Waals surface area (Å²) in [6, 6.07) is 8.06. The maximum atomic E-state index is 11.8. The molecule has 1 aromatic carbocycles. The van der Waals surface area contributed by atoms with E-state index in [2.05, 4.69) is 22.8 Å². The lowest BCUT2D eigenvalue weighted by atomic mass is 9.91. The molecule has 0 radical (unpaired) electrons. The number of anilines is 1. The number of carbonyl (C=O) groups excluding carboxylic acids is 2. The van der Waals surface area contributed by atoms with Crippen LogP contribution in [0.3, 0.4) is 0 Å². The lowest BCUT2D eigenvalue weighted by molar-refractivity contribution is -0.138. The molecule has 2 N–H and O–H groups in total. The Balaban J connectivity index is 1.66. The minimum atomic E-state index is -0.514. The molecule has 0 atom stereocenters. The molecule has 2 amide bonds. The summed E-state index contributed by atoms with van der Waals surface area (Å²) in [5.74, 6) is -0.230. The fourth-order valence-corrected chi connectivity index (χ4v) is 3.06. The maximum Gasteiger partial charge on any atom is 0.316 e. The van der Waals surface area contributed by atoms with E-state index in [1.54, 1.807) is 4.90 Å². The monoisotopic (exact) mass is 287 g/mol. The minimum Gasteiger partial charge on any atom is -0.346 e. The molecule has 112 valence electrons. The summed E-state index contributed by atoms with van der Waals surface area (Å²) in [4.78, 5) is 24.8. The highest BCUT2D eigenvalue weighted by atomic mass is 16.2. The molecular weight excluding hydrogens is 266 g/mol. The number of hydrogen-bond acceptors (Lipinski definition) is 3. The summed E-state index contributed by atoms with van der Waals surface area (Å²) in [5, 5.41) is 5.94. The highest BCUT2D eigenvalue weighted by molar-refractivity contribution is 6.41. The van der Waals surface area contributed by atoms with E-state index in [1.807, 2.05) is 12.1 Å². The van der Waals surface area contributed by atoms with Crippen molar-refractivity contribution in [2.45, 2.75) is 19.3 Å². The van der Waals surface area contributed by atoms with Gasteiger partial charge < -0.3 is 15.5 Å². The van der Waals surface area contributed by atoms with Crippen molar-refractivity contribution in [3.63, 3.8) is 0 Å². The molecule has 5 nitrogen and oxygen atoms in total. The van der Waals surface area contributed by atoms with Crippen LogP contribution in [0.15, 0.2) is 24.3 Å². The largest absolute Gasteiger partial charge is 0.346 e. The number of benzene rings is 1. The molecule has 0 aromatic heterocycles. The zero-order chi connectivity index (χ0) is 14.7. The number of piperazine rings is 1. The molecule has 2 fully saturated rings. The molecule has 2 aliphatic heterocycles. The van der Waals surface area contributed by atoms with Crippen molar-refractivity contribution in [3.8, 4) is 0 Å². The molecular formula is C16H21N3O2. The van der Waals surface area contributed by atoms with Gasteiger partial charge in [-0.2, -0.15) is 0 Å². The molecule has 21 heavy (non-hydrogen) atoms. The van der Waals surface area contributed by atoms with Gasteiger partial charge in [0.1, 0.15) is 0 Å². The van der Waals surface area contributed by atoms with Crippen molar-refractivity contribution in [2.75, 3.05) is 31.1 Å². The molecule has 2 saturated heterocycles. The first-order valence-corrected chi connectivity index (χ1v) is 7.63. The van der Waals surface area contributed by atoms with Crippen LogP contribution in [0.1, 0.15) is 18.4 Å². The van der Waals surface area contributed by atoms with Gasteiger partial charge in [0, 0.05) is 18.8 Å². The Bertz CT molecular complexity index is 521. The average molecular weight is 287 g/mol. The SMILES string of the molecule is O=C1NCCN(c2ccc(CC3CCNCC3)cc2)C1=O. The van der Waals surface area contributed by atoms with E-state index in [-0.39, 0.29) is 0 Å². The summed E-state index contributed by atoms with van der Waals surface area (Å²) in [6.45, 7) is 3.28. The molecule has 5 heteroatoms. The van der Waals surface area contributed by atoms with Crippen molar-refractivity contribution in [3.05, 3.63) is 29.8 Å². The van der Waals surface area contributed by atoms with Crippen LogP contribution in [0.5, 0.6) is 0 Å². The van der Waals surface area contributed by atoms with Gasteiger partial charge in [-0.3, -0.25) is 9.59 Å². The third kappa shape index (κ3) is 3.24. The molecule has 0 bridgehead atoms. The highest BCUT2D eigenvalue weighted by Gasteiger charge is 2.27. The second-order valence-electron chi connectivity index (χ2n) is 5.78. The number of nitrogens with one attached hydrogen (secondary N) is 2. The zero-order valence-electron chi connectivity index (χ0n) is 12.1. The zero-order valence-corrected chi connectivity index (χ0v) is 12.1. The number of amides is 2. The van der Waals surface area contributed by atoms with Gasteiger partial charge in [-0.25, -0.2) is 0 Å². The molecule has 0 saturated carbocycles. The van der Waals surface area contributed by atoms with Crippen LogP contribution in [0.2, 0.25) is 0 Å². The Kier molecular flexibility index (Phi) is 4.20. The smallest absolute Gasteiger partial charge is 0.316 e. The third-order valence-electron chi connectivity index (χ3n) is 4.29. The van der Waals surface area contributed by atoms with Gasteiger partial charge in [-0.15, -0.1) is 0 Å². The first-order chi connectivity index (χ1) is 10.2. The van der Waals surface area contributed by atoms with E-state index in [0.29, 0.717) is 13.1 Å². The van der Waals surface area contributed by atoms with E-state index in [9.17, 15) is 9.59 Å². The first kappa shape index (κ1) is 14.1. The van der Waals surface area contributed by atoms with Crippen molar-refractivity contribution in [2.24, 2.45) is 5.92 Å². The van der Waals surface area contributed by atoms with Gasteiger partial charge in [-0.1, -0.05) is 12.1 Å². The summed E-state index contributed by atoms with van der Waals surface area (Å²) >= 11 is 0. The molecule has 3 rings (SSSR count). The topological polar surface area (TPSA) is 61.4 Å². The third-order valence-corrected chi connectivity index (χ3v) is 4.29. The quantitative estimate of drug-likeness (QED) is 0.804. The number of rotatable bonds is 3. The number of piperidine rings is 1. The predicted octanol–water partition coefficient (Wildman–Crippen LogP) is 0.691. The lowest BCUT2D eigenvalue weighted by Crippen LogP contribution is -2.52. The normalized spacial score (nSPS) is 20.5. The molecule has 0 spiro atoms. The predicted molar refractivity (Wildman–Crippen MR) is 81.1 cm³/mol. The second-order valence-corrected chi connectivity index (χ2v) is 5.78. The van der Waals surface area contributed by atoms with E-state index in [4.69, 9.17) is 0 Å². The standard InChI is InChI=1S/C16H21N3O2/c20-15-16(21)19(10-9-18-15)14-3-1-12(2-4-14)11-13-5-7-17-8-6-13/h1-4,13,17H,5-11H2,(H,18,20). The fourth-order valence-electron chi connectivity index (χ4n) is 3.06. The molecule has 2 aliphatic rings. The van der Waals surface area contributed by atoms with Gasteiger partial charge in [0.2, 0.25) is 0 Å². The highest BCUT2D eigenvalue weighted by Crippen LogP contribution is 2.21. The first-order valence-electron chi connectivity index (χ1n) is 7.63. The maximum absolute atomic E-state index is 11.8. The van der Waals surface area contributed by atoms with Crippen LogP contribution in [0.4, 0.5) is 5.69 Å². The van der Waals surface area contributed by atoms with E-state index < -0.39 is 11.8 Å². The van der Waals surface area contributed by atoms with Crippen molar-refractivity contribution < 1.29 is 9.59 Å². The Morgan fingerprint density at radius 3 is 2.48 bits per heavy atom. The fraction of sp³-hybridized carbons (Fsp3) is 0.500. The van der Waals surface area contributed by atoms with Crippen molar-refractivity contribution in [1.29, 1.82) is 0 Å². The van der Waals surface area contributed by atoms with Crippen LogP contribution < -0.4 is 15.5 Å². The van der Waals surface area contributed by atoms with Crippen LogP contribution in [-0.2, 0) is 16.0 Å². The van der Waals surface area contributed by atoms with Gasteiger partial charge in [-0.05, 0) is 56.0 Å². The number of hydrogen-bond donors (Lipinski definition) is 2. The van der Waals surface area contributed by atoms with Crippen LogP contribution >= 0.6 is 0 Å². The summed E-state index contributed by atoms with van der Waals surface area (Å²) in [5.41, 5.74) is 2.11. The van der Waals surface area contributed by atoms with Gasteiger partial charge >= 0.3 is 11.8 Å². The molecule has 0 aliphatic carbocycles. The van der Waals surface area contributed by atoms with Crippen LogP contribution in [0.25, 0.3) is 0 Å². The molecule has 0 unspecified atom stereocenters. The number of nitrogens with zero attached hydrogens (tertiary/aromatic N) is 1. The Hall–Kier alpha value is -1.88. The van der Waals surface area contributed by atoms with E-state index in [0.717, 1.165) is 31.1 Å². The van der Waals surface area contributed by atoms with Crippen molar-refractivity contribution >= 4 is 17.5 Å². The van der Waals surface area contributed by atoms with Gasteiger partial charge in [0.05, 0.1) is 0 Å². The Morgan fingerprint density at radius 2 is 1.76 bits per heavy atom. The summed E-state index contributed by atoms with van der Waals surface area (Å²) in [7, 11) is 0. The van der Waals surface area contributed by atoms with Crippen molar-refractivity contribution in [1.82, 2.24) is 10.6 Å². The van der Waals surface area contributed by atoms with Crippen LogP contribution in [0, 0.1) is 5.92 Å². The molecule has 1 aromatic rings. The lowest BCUT2D eigenvalue weighted by Gasteiger charge is -2.27. The summed E-state index contributed by atoms with van der Waals surface area (Å²) in [6.07, 6.45) is 3.55. The number of carbonyl (C=O) groups is 2. The van der Waals surface area contributed by atoms with E-state index in [1.165, 1.54) is 18.4 Å². The Morgan fingerprint density at radius 1 is 1.05 bits per heavy atom. The van der Waals surface area contributed by atoms with E-state index >= 15 is 0 Å². The summed E-state index contributed by atoms with van der Waals surface area (Å²) < 4.78 is 0. The van der Waals surface area contributed by atoms with Crippen LogP contribution in [-0.4, -0.2) is 38.0 Å². The second kappa shape index (κ2) is 6.26. The van der Waals surface area contributed by atoms with Gasteiger partial charge in [0.15, 0.2) is 0 Å². The Labute approximate surface area is 124 Å². The van der Waals surface area contributed by atoms with Gasteiger partial charge in [0.25, 0.3) is 0 Å². The average Bonchev–Trinajstić information content (AvgIpc) is 2.52.